The van der Waals surface area contributed by atoms with Gasteiger partial charge >= 0.3 is 0 Å². The first-order valence-electron chi connectivity index (χ1n) is 4.88. The van der Waals surface area contributed by atoms with Gasteiger partial charge in [-0.2, -0.15) is 4.98 Å². The maximum atomic E-state index is 4.40. The van der Waals surface area contributed by atoms with Crippen LogP contribution in [0.3, 0.4) is 0 Å². The molecule has 1 aromatic heterocycles. The van der Waals surface area contributed by atoms with Crippen molar-refractivity contribution in [3.63, 3.8) is 0 Å². The van der Waals surface area contributed by atoms with Crippen LogP contribution in [0.5, 0.6) is 0 Å². The second-order valence-corrected chi connectivity index (χ2v) is 4.32. The highest BCUT2D eigenvalue weighted by Crippen LogP contribution is 2.37. The third kappa shape index (κ3) is 1.95. The van der Waals surface area contributed by atoms with E-state index >= 15 is 0 Å². The van der Waals surface area contributed by atoms with Gasteiger partial charge in [0, 0.05) is 25.8 Å². The fourth-order valence-electron chi connectivity index (χ4n) is 1.26. The molecule has 1 N–H and O–H groups in total. The summed E-state index contributed by atoms with van der Waals surface area (Å²) < 4.78 is 0. The van der Waals surface area contributed by atoms with Crippen LogP contribution in [-0.2, 0) is 0 Å². The first-order chi connectivity index (χ1) is 6.59. The van der Waals surface area contributed by atoms with Gasteiger partial charge in [0.05, 0.1) is 0 Å². The SMILES string of the molecule is CN(C)c1nccc(NC2(C)CC2)n1. The Labute approximate surface area is 84.4 Å². The van der Waals surface area contributed by atoms with Gasteiger partial charge < -0.3 is 10.2 Å². The third-order valence-corrected chi connectivity index (χ3v) is 2.47. The van der Waals surface area contributed by atoms with Crippen LogP contribution < -0.4 is 10.2 Å². The lowest BCUT2D eigenvalue weighted by Crippen LogP contribution is -2.19. The van der Waals surface area contributed by atoms with Gasteiger partial charge in [-0.05, 0) is 25.8 Å². The molecule has 1 heterocycles. The first-order valence-corrected chi connectivity index (χ1v) is 4.88. The van der Waals surface area contributed by atoms with E-state index in [1.54, 1.807) is 6.20 Å². The van der Waals surface area contributed by atoms with E-state index in [2.05, 4.69) is 22.2 Å². The number of rotatable bonds is 3. The normalized spacial score (nSPS) is 17.6. The molecule has 1 aromatic rings. The molecule has 0 spiro atoms. The molecule has 14 heavy (non-hydrogen) atoms. The first kappa shape index (κ1) is 9.24. The van der Waals surface area contributed by atoms with Gasteiger partial charge in [0.15, 0.2) is 0 Å². The van der Waals surface area contributed by atoms with E-state index < -0.39 is 0 Å². The average Bonchev–Trinajstić information content (AvgIpc) is 2.83. The fraction of sp³-hybridized carbons (Fsp3) is 0.600. The maximum absolute atomic E-state index is 4.40. The highest BCUT2D eigenvalue weighted by atomic mass is 15.2. The maximum Gasteiger partial charge on any atom is 0.226 e. The van der Waals surface area contributed by atoms with Crippen molar-refractivity contribution >= 4 is 11.8 Å². The smallest absolute Gasteiger partial charge is 0.226 e. The summed E-state index contributed by atoms with van der Waals surface area (Å²) in [6.45, 7) is 2.21. The number of nitrogens with zero attached hydrogens (tertiary/aromatic N) is 3. The molecule has 0 atom stereocenters. The third-order valence-electron chi connectivity index (χ3n) is 2.47. The van der Waals surface area contributed by atoms with E-state index in [-0.39, 0.29) is 5.54 Å². The quantitative estimate of drug-likeness (QED) is 0.788. The zero-order valence-electron chi connectivity index (χ0n) is 8.91. The molecule has 0 radical (unpaired) electrons. The monoisotopic (exact) mass is 192 g/mol. The lowest BCUT2D eigenvalue weighted by atomic mass is 10.3. The zero-order valence-corrected chi connectivity index (χ0v) is 8.91. The van der Waals surface area contributed by atoms with E-state index in [4.69, 9.17) is 0 Å². The summed E-state index contributed by atoms with van der Waals surface area (Å²) in [5.41, 5.74) is 0.276. The topological polar surface area (TPSA) is 41.1 Å². The molecular formula is C10H16N4. The van der Waals surface area contributed by atoms with Crippen molar-refractivity contribution in [2.75, 3.05) is 24.3 Å². The Bertz CT molecular complexity index is 331. The molecule has 0 amide bonds. The molecule has 2 rings (SSSR count). The molecule has 4 heteroatoms. The molecule has 4 nitrogen and oxygen atoms in total. The van der Waals surface area contributed by atoms with Gasteiger partial charge in [0.2, 0.25) is 5.95 Å². The molecule has 0 bridgehead atoms. The summed E-state index contributed by atoms with van der Waals surface area (Å²) in [7, 11) is 3.88. The largest absolute Gasteiger partial charge is 0.365 e. The summed E-state index contributed by atoms with van der Waals surface area (Å²) in [6, 6.07) is 1.91. The highest BCUT2D eigenvalue weighted by Gasteiger charge is 2.37. The Kier molecular flexibility index (Phi) is 2.06. The molecule has 0 unspecified atom stereocenters. The average molecular weight is 192 g/mol. The molecule has 0 aliphatic heterocycles. The summed E-state index contributed by atoms with van der Waals surface area (Å²) in [6.07, 6.45) is 4.25. The van der Waals surface area contributed by atoms with Gasteiger partial charge in [-0.1, -0.05) is 0 Å². The van der Waals surface area contributed by atoms with Crippen LogP contribution in [0.4, 0.5) is 11.8 Å². The van der Waals surface area contributed by atoms with Crippen LogP contribution >= 0.6 is 0 Å². The molecule has 1 saturated carbocycles. The van der Waals surface area contributed by atoms with Crippen LogP contribution in [0, 0.1) is 0 Å². The number of anilines is 2. The number of aromatic nitrogens is 2. The molecule has 1 aliphatic rings. The Hall–Kier alpha value is -1.32. The molecule has 1 fully saturated rings. The second-order valence-electron chi connectivity index (χ2n) is 4.32. The Balaban J connectivity index is 2.13. The van der Waals surface area contributed by atoms with Crippen LogP contribution in [0.15, 0.2) is 12.3 Å². The van der Waals surface area contributed by atoms with E-state index in [1.807, 2.05) is 25.1 Å². The van der Waals surface area contributed by atoms with Crippen molar-refractivity contribution in [1.82, 2.24) is 9.97 Å². The number of hydrogen-bond acceptors (Lipinski definition) is 4. The fourth-order valence-corrected chi connectivity index (χ4v) is 1.26. The van der Waals surface area contributed by atoms with Gasteiger partial charge in [0.1, 0.15) is 5.82 Å². The van der Waals surface area contributed by atoms with Crippen molar-refractivity contribution in [3.05, 3.63) is 12.3 Å². The van der Waals surface area contributed by atoms with Gasteiger partial charge in [-0.15, -0.1) is 0 Å². The summed E-state index contributed by atoms with van der Waals surface area (Å²) in [5, 5.41) is 3.41. The van der Waals surface area contributed by atoms with Crippen molar-refractivity contribution in [2.45, 2.75) is 25.3 Å². The molecule has 76 valence electrons. The van der Waals surface area contributed by atoms with Gasteiger partial charge in [-0.25, -0.2) is 4.98 Å². The highest BCUT2D eigenvalue weighted by molar-refractivity contribution is 5.43. The Morgan fingerprint density at radius 2 is 2.14 bits per heavy atom. The van der Waals surface area contributed by atoms with Crippen LogP contribution in [-0.4, -0.2) is 29.6 Å². The van der Waals surface area contributed by atoms with Gasteiger partial charge in [-0.3, -0.25) is 0 Å². The number of hydrogen-bond donors (Lipinski definition) is 1. The van der Waals surface area contributed by atoms with Gasteiger partial charge in [0.25, 0.3) is 0 Å². The second kappa shape index (κ2) is 3.12. The predicted octanol–water partition coefficient (Wildman–Crippen LogP) is 1.51. The summed E-state index contributed by atoms with van der Waals surface area (Å²) >= 11 is 0. The summed E-state index contributed by atoms with van der Waals surface area (Å²) in [4.78, 5) is 10.5. The molecule has 1 aliphatic carbocycles. The minimum absolute atomic E-state index is 0.276. The Morgan fingerprint density at radius 1 is 1.43 bits per heavy atom. The van der Waals surface area contributed by atoms with Crippen molar-refractivity contribution < 1.29 is 0 Å². The van der Waals surface area contributed by atoms with Crippen molar-refractivity contribution in [3.8, 4) is 0 Å². The minimum Gasteiger partial charge on any atom is -0.365 e. The van der Waals surface area contributed by atoms with Crippen LogP contribution in [0.2, 0.25) is 0 Å². The summed E-state index contributed by atoms with van der Waals surface area (Å²) in [5.74, 6) is 1.67. The lowest BCUT2D eigenvalue weighted by molar-refractivity contribution is 0.817. The molecular weight excluding hydrogens is 176 g/mol. The van der Waals surface area contributed by atoms with Crippen LogP contribution in [0.1, 0.15) is 19.8 Å². The molecule has 0 aromatic carbocycles. The van der Waals surface area contributed by atoms with E-state index in [1.165, 1.54) is 12.8 Å². The standard InChI is InChI=1S/C10H16N4/c1-10(5-6-10)13-8-4-7-11-9(12-8)14(2)3/h4,7H,5-6H2,1-3H3,(H,11,12,13). The van der Waals surface area contributed by atoms with E-state index in [0.29, 0.717) is 0 Å². The van der Waals surface area contributed by atoms with Crippen LogP contribution in [0.25, 0.3) is 0 Å². The molecule has 0 saturated heterocycles. The minimum atomic E-state index is 0.276. The Morgan fingerprint density at radius 3 is 2.71 bits per heavy atom. The predicted molar refractivity (Wildman–Crippen MR) is 57.6 cm³/mol. The lowest BCUT2D eigenvalue weighted by Gasteiger charge is -2.14. The number of nitrogens with one attached hydrogen (secondary N) is 1. The van der Waals surface area contributed by atoms with Crippen molar-refractivity contribution in [1.29, 1.82) is 0 Å². The van der Waals surface area contributed by atoms with E-state index in [0.717, 1.165) is 11.8 Å². The zero-order chi connectivity index (χ0) is 10.2. The van der Waals surface area contributed by atoms with E-state index in [9.17, 15) is 0 Å². The van der Waals surface area contributed by atoms with Crippen molar-refractivity contribution in [2.24, 2.45) is 0 Å².